The molecule has 0 unspecified atom stereocenters. The number of nitrogens with zero attached hydrogens (tertiary/aromatic N) is 1. The van der Waals surface area contributed by atoms with Crippen molar-refractivity contribution in [2.24, 2.45) is 0 Å². The summed E-state index contributed by atoms with van der Waals surface area (Å²) in [6.45, 7) is 2.68. The van der Waals surface area contributed by atoms with Gasteiger partial charge in [-0.05, 0) is 6.42 Å². The number of hydrogen-bond donors (Lipinski definition) is 3. The SMILES string of the molecule is [CH2]CCNC(=O)CN(CC(=O)O)CC(=O)O.[Fe]. The molecule has 0 atom stereocenters. The first kappa shape index (κ1) is 18.3. The third-order valence-corrected chi connectivity index (χ3v) is 1.58. The minimum atomic E-state index is -1.17. The zero-order chi connectivity index (χ0) is 12.6. The van der Waals surface area contributed by atoms with Crippen LogP contribution in [0.4, 0.5) is 0 Å². The molecule has 0 aliphatic carbocycles. The monoisotopic (exact) mass is 287 g/mol. The van der Waals surface area contributed by atoms with Crippen molar-refractivity contribution < 1.29 is 41.7 Å². The van der Waals surface area contributed by atoms with Gasteiger partial charge >= 0.3 is 11.9 Å². The molecule has 99 valence electrons. The second-order valence-corrected chi connectivity index (χ2v) is 3.14. The largest absolute Gasteiger partial charge is 0.480 e. The molecule has 0 aliphatic heterocycles. The van der Waals surface area contributed by atoms with E-state index in [1.165, 1.54) is 0 Å². The minimum absolute atomic E-state index is 0. The van der Waals surface area contributed by atoms with Gasteiger partial charge in [-0.2, -0.15) is 0 Å². The van der Waals surface area contributed by atoms with E-state index in [9.17, 15) is 14.4 Å². The molecule has 0 saturated heterocycles. The Labute approximate surface area is 110 Å². The molecule has 7 nitrogen and oxygen atoms in total. The van der Waals surface area contributed by atoms with Crippen LogP contribution in [0.15, 0.2) is 0 Å². The smallest absolute Gasteiger partial charge is 0.317 e. The van der Waals surface area contributed by atoms with Crippen LogP contribution in [0.1, 0.15) is 6.42 Å². The number of carbonyl (C=O) groups is 3. The number of carbonyl (C=O) groups excluding carboxylic acids is 1. The molecule has 3 N–H and O–H groups in total. The molecule has 8 heteroatoms. The summed E-state index contributed by atoms with van der Waals surface area (Å²) >= 11 is 0. The molecule has 0 aromatic rings. The van der Waals surface area contributed by atoms with E-state index in [0.717, 1.165) is 4.90 Å². The summed E-state index contributed by atoms with van der Waals surface area (Å²) in [5, 5.41) is 19.5. The Morgan fingerprint density at radius 2 is 1.53 bits per heavy atom. The van der Waals surface area contributed by atoms with Crippen LogP contribution >= 0.6 is 0 Å². The first-order chi connectivity index (χ1) is 7.45. The summed E-state index contributed by atoms with van der Waals surface area (Å²) in [5.41, 5.74) is 0. The predicted molar refractivity (Wildman–Crippen MR) is 54.7 cm³/mol. The van der Waals surface area contributed by atoms with Crippen molar-refractivity contribution in [3.8, 4) is 0 Å². The van der Waals surface area contributed by atoms with Gasteiger partial charge in [0.25, 0.3) is 0 Å². The Morgan fingerprint density at radius 3 is 1.88 bits per heavy atom. The van der Waals surface area contributed by atoms with Crippen molar-refractivity contribution in [3.63, 3.8) is 0 Å². The van der Waals surface area contributed by atoms with Gasteiger partial charge < -0.3 is 15.5 Å². The summed E-state index contributed by atoms with van der Waals surface area (Å²) in [4.78, 5) is 33.1. The Morgan fingerprint density at radius 1 is 1.06 bits per heavy atom. The van der Waals surface area contributed by atoms with Gasteiger partial charge in [-0.25, -0.2) is 0 Å². The summed E-state index contributed by atoms with van der Waals surface area (Å²) in [7, 11) is 0. The zero-order valence-corrected chi connectivity index (χ0v) is 10.3. The molecular weight excluding hydrogens is 272 g/mol. The molecule has 0 spiro atoms. The number of carboxylic acid groups (broad SMARTS) is 2. The average Bonchev–Trinajstić information content (AvgIpc) is 2.12. The van der Waals surface area contributed by atoms with Crippen LogP contribution in [0.25, 0.3) is 0 Å². The molecule has 0 rings (SSSR count). The number of rotatable bonds is 8. The first-order valence-electron chi connectivity index (χ1n) is 4.67. The van der Waals surface area contributed by atoms with Crippen LogP contribution in [0.2, 0.25) is 0 Å². The van der Waals surface area contributed by atoms with Crippen LogP contribution in [-0.4, -0.2) is 59.1 Å². The predicted octanol–water partition coefficient (Wildman–Crippen LogP) is -1.20. The average molecular weight is 287 g/mol. The van der Waals surface area contributed by atoms with Gasteiger partial charge in [-0.3, -0.25) is 19.3 Å². The molecular formula is C9H15FeN2O5. The topological polar surface area (TPSA) is 107 Å². The maximum atomic E-state index is 11.2. The first-order valence-corrected chi connectivity index (χ1v) is 4.67. The molecule has 1 amide bonds. The van der Waals surface area contributed by atoms with Crippen molar-refractivity contribution in [1.29, 1.82) is 0 Å². The summed E-state index contributed by atoms with van der Waals surface area (Å²) < 4.78 is 0. The fourth-order valence-corrected chi connectivity index (χ4v) is 1.04. The molecule has 0 aromatic carbocycles. The van der Waals surface area contributed by atoms with Crippen molar-refractivity contribution in [2.45, 2.75) is 6.42 Å². The fraction of sp³-hybridized carbons (Fsp3) is 0.556. The van der Waals surface area contributed by atoms with Gasteiger partial charge in [0, 0.05) is 23.6 Å². The number of nitrogens with one attached hydrogen (secondary N) is 1. The van der Waals surface area contributed by atoms with E-state index >= 15 is 0 Å². The second-order valence-electron chi connectivity index (χ2n) is 3.14. The molecule has 0 saturated carbocycles. The molecule has 0 aliphatic rings. The van der Waals surface area contributed by atoms with E-state index in [4.69, 9.17) is 10.2 Å². The van der Waals surface area contributed by atoms with Gasteiger partial charge in [0.05, 0.1) is 19.6 Å². The quantitative estimate of drug-likeness (QED) is 0.484. The van der Waals surface area contributed by atoms with Crippen molar-refractivity contribution in [1.82, 2.24) is 10.2 Å². The number of aliphatic carboxylic acids is 2. The molecule has 0 aromatic heterocycles. The van der Waals surface area contributed by atoms with Crippen LogP contribution in [0.5, 0.6) is 0 Å². The Kier molecular flexibility index (Phi) is 10.8. The van der Waals surface area contributed by atoms with Gasteiger partial charge in [0.2, 0.25) is 5.91 Å². The zero-order valence-electron chi connectivity index (χ0n) is 9.16. The van der Waals surface area contributed by atoms with Crippen LogP contribution < -0.4 is 5.32 Å². The van der Waals surface area contributed by atoms with Gasteiger partial charge in [-0.15, -0.1) is 0 Å². The fourth-order valence-electron chi connectivity index (χ4n) is 1.04. The molecule has 1 radical (unpaired) electrons. The standard InChI is InChI=1S/C9H15N2O5.Fe/c1-2-3-10-7(12)4-11(5-8(13)14)6-9(15)16;/h1-6H2,(H,10,12)(H,13,14)(H,15,16);. The Bertz CT molecular complexity index is 256. The number of hydrogen-bond acceptors (Lipinski definition) is 4. The second kappa shape index (κ2) is 10.1. The summed E-state index contributed by atoms with van der Waals surface area (Å²) in [6.07, 6.45) is 0.517. The van der Waals surface area contributed by atoms with Crippen LogP contribution in [0, 0.1) is 6.92 Å². The maximum Gasteiger partial charge on any atom is 0.317 e. The number of amides is 1. The van der Waals surface area contributed by atoms with E-state index in [1.807, 2.05) is 0 Å². The Balaban J connectivity index is 0. The maximum absolute atomic E-state index is 11.2. The molecule has 17 heavy (non-hydrogen) atoms. The van der Waals surface area contributed by atoms with Gasteiger partial charge in [0.1, 0.15) is 0 Å². The Hall–Kier alpha value is -1.11. The minimum Gasteiger partial charge on any atom is -0.480 e. The van der Waals surface area contributed by atoms with E-state index in [0.29, 0.717) is 13.0 Å². The third kappa shape index (κ3) is 11.2. The third-order valence-electron chi connectivity index (χ3n) is 1.58. The van der Waals surface area contributed by atoms with E-state index in [1.54, 1.807) is 0 Å². The summed E-state index contributed by atoms with van der Waals surface area (Å²) in [6, 6.07) is 0. The normalized spacial score (nSPS) is 9.53. The van der Waals surface area contributed by atoms with E-state index in [-0.39, 0.29) is 23.6 Å². The van der Waals surface area contributed by atoms with Crippen LogP contribution in [0.3, 0.4) is 0 Å². The van der Waals surface area contributed by atoms with E-state index < -0.39 is 30.9 Å². The van der Waals surface area contributed by atoms with Crippen molar-refractivity contribution in [3.05, 3.63) is 6.92 Å². The van der Waals surface area contributed by atoms with Crippen molar-refractivity contribution in [2.75, 3.05) is 26.2 Å². The van der Waals surface area contributed by atoms with Gasteiger partial charge in [0.15, 0.2) is 0 Å². The van der Waals surface area contributed by atoms with Crippen LogP contribution in [-0.2, 0) is 31.5 Å². The molecule has 0 fully saturated rings. The molecule has 0 heterocycles. The van der Waals surface area contributed by atoms with E-state index in [2.05, 4.69) is 12.2 Å². The number of carboxylic acids is 2. The van der Waals surface area contributed by atoms with Gasteiger partial charge in [-0.1, -0.05) is 6.92 Å². The molecule has 0 bridgehead atoms. The van der Waals surface area contributed by atoms with Crippen molar-refractivity contribution >= 4 is 17.8 Å². The summed E-state index contributed by atoms with van der Waals surface area (Å²) in [5.74, 6) is -2.76.